The minimum Gasteiger partial charge on any atom is -0.497 e. The second kappa shape index (κ2) is 8.46. The van der Waals surface area contributed by atoms with Gasteiger partial charge in [0.05, 0.1) is 12.0 Å². The molecule has 2 rings (SSSR count). The van der Waals surface area contributed by atoms with E-state index in [4.69, 9.17) is 4.74 Å². The summed E-state index contributed by atoms with van der Waals surface area (Å²) in [6.07, 6.45) is 1.46. The third-order valence-corrected chi connectivity index (χ3v) is 4.87. The van der Waals surface area contributed by atoms with Crippen molar-refractivity contribution in [1.82, 2.24) is 10.0 Å². The number of carbonyl (C=O) groups excluding carboxylic acids is 1. The average molecular weight is 360 g/mol. The molecule has 0 heterocycles. The Morgan fingerprint density at radius 3 is 2.56 bits per heavy atom. The summed E-state index contributed by atoms with van der Waals surface area (Å²) >= 11 is 0. The highest BCUT2D eigenvalue weighted by molar-refractivity contribution is 7.89. The van der Waals surface area contributed by atoms with Gasteiger partial charge in [-0.1, -0.05) is 18.2 Å². The van der Waals surface area contributed by atoms with Crippen LogP contribution in [-0.4, -0.2) is 28.0 Å². The first-order chi connectivity index (χ1) is 12.0. The monoisotopic (exact) mass is 360 g/mol. The van der Waals surface area contributed by atoms with Crippen LogP contribution in [0, 0.1) is 0 Å². The number of amides is 1. The van der Waals surface area contributed by atoms with Gasteiger partial charge in [0, 0.05) is 18.7 Å². The summed E-state index contributed by atoms with van der Waals surface area (Å²) in [6, 6.07) is 13.1. The van der Waals surface area contributed by atoms with E-state index in [9.17, 15) is 13.2 Å². The molecule has 0 aliphatic rings. The van der Waals surface area contributed by atoms with E-state index in [1.54, 1.807) is 7.11 Å². The predicted octanol–water partition coefficient (Wildman–Crippen LogP) is 2.09. The SMILES string of the molecule is C=CCNS(=O)(=O)c1ccc(C(=O)NCc2cccc(OC)c2)cc1. The molecule has 25 heavy (non-hydrogen) atoms. The van der Waals surface area contributed by atoms with Crippen molar-refractivity contribution in [3.63, 3.8) is 0 Å². The van der Waals surface area contributed by atoms with E-state index in [0.29, 0.717) is 17.9 Å². The van der Waals surface area contributed by atoms with Gasteiger partial charge in [0.2, 0.25) is 10.0 Å². The van der Waals surface area contributed by atoms with Crippen molar-refractivity contribution >= 4 is 15.9 Å². The van der Waals surface area contributed by atoms with Crippen molar-refractivity contribution in [3.05, 3.63) is 72.3 Å². The van der Waals surface area contributed by atoms with Gasteiger partial charge in [0.1, 0.15) is 5.75 Å². The van der Waals surface area contributed by atoms with Gasteiger partial charge in [0.15, 0.2) is 0 Å². The second-order valence-corrected chi connectivity index (χ2v) is 6.97. The van der Waals surface area contributed by atoms with Gasteiger partial charge in [-0.15, -0.1) is 6.58 Å². The number of carbonyl (C=O) groups is 1. The topological polar surface area (TPSA) is 84.5 Å². The van der Waals surface area contributed by atoms with E-state index in [1.807, 2.05) is 24.3 Å². The van der Waals surface area contributed by atoms with E-state index >= 15 is 0 Å². The van der Waals surface area contributed by atoms with Crippen LogP contribution in [0.15, 0.2) is 66.1 Å². The van der Waals surface area contributed by atoms with E-state index in [1.165, 1.54) is 30.3 Å². The molecular formula is C18H20N2O4S. The fraction of sp³-hybridized carbons (Fsp3) is 0.167. The molecule has 7 heteroatoms. The summed E-state index contributed by atoms with van der Waals surface area (Å²) in [5.74, 6) is 0.430. The fourth-order valence-corrected chi connectivity index (χ4v) is 3.10. The summed E-state index contributed by atoms with van der Waals surface area (Å²) in [4.78, 5) is 12.3. The zero-order valence-corrected chi connectivity index (χ0v) is 14.7. The molecule has 2 aromatic carbocycles. The molecule has 6 nitrogen and oxygen atoms in total. The van der Waals surface area contributed by atoms with Gasteiger partial charge in [-0.3, -0.25) is 4.79 Å². The first-order valence-corrected chi connectivity index (χ1v) is 9.06. The van der Waals surface area contributed by atoms with Gasteiger partial charge in [-0.2, -0.15) is 0 Å². The van der Waals surface area contributed by atoms with Crippen LogP contribution in [0.25, 0.3) is 0 Å². The third-order valence-electron chi connectivity index (χ3n) is 3.43. The molecule has 0 fully saturated rings. The number of sulfonamides is 1. The van der Waals surface area contributed by atoms with Crippen molar-refractivity contribution in [2.24, 2.45) is 0 Å². The lowest BCUT2D eigenvalue weighted by Crippen LogP contribution is -2.24. The number of rotatable bonds is 8. The smallest absolute Gasteiger partial charge is 0.251 e. The van der Waals surface area contributed by atoms with Crippen LogP contribution in [0.3, 0.4) is 0 Å². The maximum absolute atomic E-state index is 12.2. The highest BCUT2D eigenvalue weighted by Crippen LogP contribution is 2.13. The number of methoxy groups -OCH3 is 1. The Morgan fingerprint density at radius 2 is 1.92 bits per heavy atom. The molecule has 0 aromatic heterocycles. The summed E-state index contributed by atoms with van der Waals surface area (Å²) < 4.78 is 31.5. The molecule has 0 spiro atoms. The Bertz CT molecular complexity index is 846. The average Bonchev–Trinajstić information content (AvgIpc) is 2.64. The maximum atomic E-state index is 12.2. The highest BCUT2D eigenvalue weighted by Gasteiger charge is 2.13. The minimum atomic E-state index is -3.59. The first kappa shape index (κ1) is 18.7. The lowest BCUT2D eigenvalue weighted by Gasteiger charge is -2.08. The van der Waals surface area contributed by atoms with Gasteiger partial charge in [-0.25, -0.2) is 13.1 Å². The van der Waals surface area contributed by atoms with E-state index < -0.39 is 10.0 Å². The van der Waals surface area contributed by atoms with Crippen LogP contribution in [0.1, 0.15) is 15.9 Å². The van der Waals surface area contributed by atoms with Crippen LogP contribution in [0.4, 0.5) is 0 Å². The highest BCUT2D eigenvalue weighted by atomic mass is 32.2. The van der Waals surface area contributed by atoms with Gasteiger partial charge >= 0.3 is 0 Å². The molecule has 0 atom stereocenters. The standard InChI is InChI=1S/C18H20N2O4S/c1-3-11-20-25(22,23)17-9-7-15(8-10-17)18(21)19-13-14-5-4-6-16(12-14)24-2/h3-10,12,20H,1,11,13H2,2H3,(H,19,21). The predicted molar refractivity (Wildman–Crippen MR) is 96.0 cm³/mol. The van der Waals surface area contributed by atoms with Crippen molar-refractivity contribution in [1.29, 1.82) is 0 Å². The van der Waals surface area contributed by atoms with Crippen LogP contribution in [0.2, 0.25) is 0 Å². The van der Waals surface area contributed by atoms with Crippen LogP contribution >= 0.6 is 0 Å². The van der Waals surface area contributed by atoms with Crippen molar-refractivity contribution < 1.29 is 17.9 Å². The van der Waals surface area contributed by atoms with Crippen LogP contribution in [0.5, 0.6) is 5.75 Å². The number of nitrogens with one attached hydrogen (secondary N) is 2. The molecule has 0 saturated carbocycles. The molecule has 0 aliphatic carbocycles. The van der Waals surface area contributed by atoms with Gasteiger partial charge in [-0.05, 0) is 42.0 Å². The first-order valence-electron chi connectivity index (χ1n) is 7.58. The van der Waals surface area contributed by atoms with Gasteiger partial charge in [0.25, 0.3) is 5.91 Å². The lowest BCUT2D eigenvalue weighted by atomic mass is 10.2. The molecule has 0 aliphatic heterocycles. The lowest BCUT2D eigenvalue weighted by molar-refractivity contribution is 0.0950. The molecule has 2 N–H and O–H groups in total. The molecular weight excluding hydrogens is 340 g/mol. The molecule has 0 unspecified atom stereocenters. The molecule has 0 radical (unpaired) electrons. The summed E-state index contributed by atoms with van der Waals surface area (Å²) in [7, 11) is -2.01. The maximum Gasteiger partial charge on any atom is 0.251 e. The molecule has 132 valence electrons. The minimum absolute atomic E-state index is 0.0960. The fourth-order valence-electron chi connectivity index (χ4n) is 2.10. The third kappa shape index (κ3) is 5.17. The number of benzene rings is 2. The molecule has 0 bridgehead atoms. The second-order valence-electron chi connectivity index (χ2n) is 5.20. The van der Waals surface area contributed by atoms with Crippen LogP contribution < -0.4 is 14.8 Å². The van der Waals surface area contributed by atoms with Crippen molar-refractivity contribution in [3.8, 4) is 5.75 Å². The molecule has 2 aromatic rings. The van der Waals surface area contributed by atoms with E-state index in [0.717, 1.165) is 5.56 Å². The Hall–Kier alpha value is -2.64. The molecule has 1 amide bonds. The summed E-state index contributed by atoms with van der Waals surface area (Å²) in [5, 5.41) is 2.79. The number of ether oxygens (including phenoxy) is 1. The van der Waals surface area contributed by atoms with Crippen molar-refractivity contribution in [2.45, 2.75) is 11.4 Å². The quantitative estimate of drug-likeness (QED) is 0.706. The number of hydrogen-bond donors (Lipinski definition) is 2. The zero-order valence-electron chi connectivity index (χ0n) is 13.9. The Morgan fingerprint density at radius 1 is 1.20 bits per heavy atom. The van der Waals surface area contributed by atoms with E-state index in [2.05, 4.69) is 16.6 Å². The molecule has 0 saturated heterocycles. The van der Waals surface area contributed by atoms with E-state index in [-0.39, 0.29) is 17.3 Å². The largest absolute Gasteiger partial charge is 0.497 e. The van der Waals surface area contributed by atoms with Crippen molar-refractivity contribution in [2.75, 3.05) is 13.7 Å². The number of hydrogen-bond acceptors (Lipinski definition) is 4. The summed E-state index contributed by atoms with van der Waals surface area (Å²) in [5.41, 5.74) is 1.28. The Balaban J connectivity index is 2.01. The van der Waals surface area contributed by atoms with Crippen LogP contribution in [-0.2, 0) is 16.6 Å². The van der Waals surface area contributed by atoms with Gasteiger partial charge < -0.3 is 10.1 Å². The Labute approximate surface area is 147 Å². The Kier molecular flexibility index (Phi) is 6.32. The zero-order chi connectivity index (χ0) is 18.3. The normalized spacial score (nSPS) is 10.9. The summed E-state index contributed by atoms with van der Waals surface area (Å²) in [6.45, 7) is 3.95.